The van der Waals surface area contributed by atoms with Gasteiger partial charge in [0.1, 0.15) is 16.4 Å². The molecule has 172 valence electrons. The maximum absolute atomic E-state index is 13.6. The summed E-state index contributed by atoms with van der Waals surface area (Å²) in [6.45, 7) is 3.74. The Kier molecular flexibility index (Phi) is 7.22. The minimum atomic E-state index is -3.87. The SMILES string of the molecule is COc1ccc(CN(Cc2ccc(OC)cc2)S(=O)(=O)c2cnn(C(C)(C)CO)c2)cc1. The van der Waals surface area contributed by atoms with Crippen molar-refractivity contribution in [2.45, 2.75) is 37.4 Å². The van der Waals surface area contributed by atoms with Crippen molar-refractivity contribution in [1.82, 2.24) is 14.1 Å². The van der Waals surface area contributed by atoms with Crippen LogP contribution >= 0.6 is 0 Å². The first kappa shape index (κ1) is 23.8. The van der Waals surface area contributed by atoms with Crippen molar-refractivity contribution in [1.29, 1.82) is 0 Å². The van der Waals surface area contributed by atoms with Gasteiger partial charge in [0.15, 0.2) is 0 Å². The summed E-state index contributed by atoms with van der Waals surface area (Å²) >= 11 is 0. The first-order chi connectivity index (χ1) is 15.2. The fraction of sp³-hybridized carbons (Fsp3) is 0.348. The zero-order chi connectivity index (χ0) is 23.4. The zero-order valence-electron chi connectivity index (χ0n) is 18.7. The fourth-order valence-corrected chi connectivity index (χ4v) is 4.44. The molecule has 0 amide bonds. The van der Waals surface area contributed by atoms with Crippen LogP contribution in [0.5, 0.6) is 11.5 Å². The lowest BCUT2D eigenvalue weighted by atomic mass is 10.1. The molecule has 3 rings (SSSR count). The van der Waals surface area contributed by atoms with Crippen molar-refractivity contribution < 1.29 is 23.0 Å². The van der Waals surface area contributed by atoms with E-state index in [1.807, 2.05) is 24.3 Å². The van der Waals surface area contributed by atoms with Crippen molar-refractivity contribution in [3.05, 3.63) is 72.1 Å². The zero-order valence-corrected chi connectivity index (χ0v) is 19.5. The number of aliphatic hydroxyl groups excluding tert-OH is 1. The maximum Gasteiger partial charge on any atom is 0.246 e. The highest BCUT2D eigenvalue weighted by atomic mass is 32.2. The van der Waals surface area contributed by atoms with Crippen LogP contribution in [0.15, 0.2) is 65.8 Å². The summed E-state index contributed by atoms with van der Waals surface area (Å²) in [7, 11) is -0.702. The van der Waals surface area contributed by atoms with E-state index in [0.717, 1.165) is 11.1 Å². The third-order valence-electron chi connectivity index (χ3n) is 5.24. The van der Waals surface area contributed by atoms with Crippen LogP contribution in [0.2, 0.25) is 0 Å². The molecule has 8 nitrogen and oxygen atoms in total. The summed E-state index contributed by atoms with van der Waals surface area (Å²) in [5.41, 5.74) is 0.932. The van der Waals surface area contributed by atoms with E-state index in [4.69, 9.17) is 9.47 Å². The van der Waals surface area contributed by atoms with Gasteiger partial charge in [0.2, 0.25) is 10.0 Å². The predicted octanol–water partition coefficient (Wildman–Crippen LogP) is 3.02. The van der Waals surface area contributed by atoms with Crippen molar-refractivity contribution in [3.8, 4) is 11.5 Å². The van der Waals surface area contributed by atoms with Crippen molar-refractivity contribution in [2.24, 2.45) is 0 Å². The first-order valence-corrected chi connectivity index (χ1v) is 11.6. The van der Waals surface area contributed by atoms with E-state index in [0.29, 0.717) is 11.5 Å². The number of benzene rings is 2. The molecule has 0 saturated carbocycles. The van der Waals surface area contributed by atoms with Crippen LogP contribution in [0.3, 0.4) is 0 Å². The second-order valence-corrected chi connectivity index (χ2v) is 10.00. The highest BCUT2D eigenvalue weighted by Gasteiger charge is 2.29. The van der Waals surface area contributed by atoms with E-state index >= 15 is 0 Å². The number of nitrogens with zero attached hydrogens (tertiary/aromatic N) is 3. The maximum atomic E-state index is 13.6. The average molecular weight is 460 g/mol. The highest BCUT2D eigenvalue weighted by Crippen LogP contribution is 2.24. The molecule has 0 unspecified atom stereocenters. The van der Waals surface area contributed by atoms with E-state index in [-0.39, 0.29) is 24.6 Å². The van der Waals surface area contributed by atoms with Crippen molar-refractivity contribution >= 4 is 10.0 Å². The Morgan fingerprint density at radius 3 is 1.81 bits per heavy atom. The molecule has 0 aliphatic carbocycles. The van der Waals surface area contributed by atoms with Gasteiger partial charge in [0, 0.05) is 19.3 Å². The Bertz CT molecular complexity index is 1070. The van der Waals surface area contributed by atoms with Crippen LogP contribution in [0.25, 0.3) is 0 Å². The van der Waals surface area contributed by atoms with Gasteiger partial charge in [-0.25, -0.2) is 8.42 Å². The number of methoxy groups -OCH3 is 2. The number of hydrogen-bond donors (Lipinski definition) is 1. The normalized spacial score (nSPS) is 12.2. The molecule has 1 N–H and O–H groups in total. The van der Waals surface area contributed by atoms with Crippen LogP contribution in [0, 0.1) is 0 Å². The molecular weight excluding hydrogens is 430 g/mol. The minimum Gasteiger partial charge on any atom is -0.497 e. The Balaban J connectivity index is 1.95. The molecule has 0 aliphatic heterocycles. The van der Waals surface area contributed by atoms with Gasteiger partial charge in [-0.15, -0.1) is 0 Å². The van der Waals surface area contributed by atoms with Crippen molar-refractivity contribution in [2.75, 3.05) is 20.8 Å². The van der Waals surface area contributed by atoms with E-state index < -0.39 is 15.6 Å². The van der Waals surface area contributed by atoms with E-state index in [1.165, 1.54) is 21.4 Å². The lowest BCUT2D eigenvalue weighted by molar-refractivity contribution is 0.152. The Morgan fingerprint density at radius 1 is 0.938 bits per heavy atom. The Labute approximate surface area is 189 Å². The van der Waals surface area contributed by atoms with Crippen molar-refractivity contribution in [3.63, 3.8) is 0 Å². The molecule has 9 heteroatoms. The first-order valence-electron chi connectivity index (χ1n) is 10.1. The van der Waals surface area contributed by atoms with Gasteiger partial charge in [-0.05, 0) is 49.2 Å². The summed E-state index contributed by atoms with van der Waals surface area (Å²) in [4.78, 5) is 0.0704. The molecular formula is C23H29N3O5S. The number of sulfonamides is 1. The summed E-state index contributed by atoms with van der Waals surface area (Å²) in [6, 6.07) is 14.6. The molecule has 1 heterocycles. The Morgan fingerprint density at radius 2 is 1.41 bits per heavy atom. The van der Waals surface area contributed by atoms with E-state index in [1.54, 1.807) is 52.3 Å². The van der Waals surface area contributed by atoms with Crippen LogP contribution in [0.1, 0.15) is 25.0 Å². The summed E-state index contributed by atoms with van der Waals surface area (Å²) < 4.78 is 40.4. The van der Waals surface area contributed by atoms with Crippen LogP contribution in [0.4, 0.5) is 0 Å². The second-order valence-electron chi connectivity index (χ2n) is 8.06. The van der Waals surface area contributed by atoms with Gasteiger partial charge < -0.3 is 14.6 Å². The lowest BCUT2D eigenvalue weighted by Crippen LogP contribution is -2.32. The average Bonchev–Trinajstić information content (AvgIpc) is 3.32. The number of ether oxygens (including phenoxy) is 2. The number of hydrogen-bond acceptors (Lipinski definition) is 6. The fourth-order valence-electron chi connectivity index (χ4n) is 3.09. The molecule has 0 spiro atoms. The number of aliphatic hydroxyl groups is 1. The molecule has 0 saturated heterocycles. The molecule has 0 fully saturated rings. The third-order valence-corrected chi connectivity index (χ3v) is 6.98. The summed E-state index contributed by atoms with van der Waals surface area (Å²) in [6.07, 6.45) is 2.78. The van der Waals surface area contributed by atoms with Crippen LogP contribution < -0.4 is 9.47 Å². The largest absolute Gasteiger partial charge is 0.497 e. The molecule has 32 heavy (non-hydrogen) atoms. The van der Waals surface area contributed by atoms with E-state index in [9.17, 15) is 13.5 Å². The third kappa shape index (κ3) is 5.29. The smallest absolute Gasteiger partial charge is 0.246 e. The van der Waals surface area contributed by atoms with Gasteiger partial charge in [0.05, 0.1) is 32.6 Å². The molecule has 1 aromatic heterocycles. The predicted molar refractivity (Wildman–Crippen MR) is 121 cm³/mol. The molecule has 0 aliphatic rings. The molecule has 0 bridgehead atoms. The quantitative estimate of drug-likeness (QED) is 0.501. The van der Waals surface area contributed by atoms with Crippen LogP contribution in [-0.4, -0.2) is 48.4 Å². The topological polar surface area (TPSA) is 93.9 Å². The van der Waals surface area contributed by atoms with Gasteiger partial charge in [-0.1, -0.05) is 24.3 Å². The van der Waals surface area contributed by atoms with Gasteiger partial charge >= 0.3 is 0 Å². The van der Waals surface area contributed by atoms with Gasteiger partial charge in [-0.2, -0.15) is 9.40 Å². The number of aromatic nitrogens is 2. The number of rotatable bonds is 10. The lowest BCUT2D eigenvalue weighted by Gasteiger charge is -2.23. The Hall–Kier alpha value is -2.88. The summed E-state index contributed by atoms with van der Waals surface area (Å²) in [5, 5.41) is 13.8. The monoisotopic (exact) mass is 459 g/mol. The van der Waals surface area contributed by atoms with Crippen LogP contribution in [-0.2, 0) is 28.7 Å². The van der Waals surface area contributed by atoms with Gasteiger partial charge in [0.25, 0.3) is 0 Å². The van der Waals surface area contributed by atoms with Gasteiger partial charge in [-0.3, -0.25) is 4.68 Å². The highest BCUT2D eigenvalue weighted by molar-refractivity contribution is 7.89. The van der Waals surface area contributed by atoms with E-state index in [2.05, 4.69) is 5.10 Å². The molecule has 0 radical (unpaired) electrons. The summed E-state index contributed by atoms with van der Waals surface area (Å²) in [5.74, 6) is 1.40. The molecule has 0 atom stereocenters. The minimum absolute atomic E-state index is 0.0704. The molecule has 2 aromatic carbocycles. The molecule has 3 aromatic rings. The second kappa shape index (κ2) is 9.72. The standard InChI is InChI=1S/C23H29N3O5S/c1-23(2,17-27)26-16-22(13-24-26)32(28,29)25(14-18-5-9-20(30-3)10-6-18)15-19-7-11-21(31-4)12-8-19/h5-13,16,27H,14-15,17H2,1-4H3.